The van der Waals surface area contributed by atoms with Gasteiger partial charge in [-0.05, 0) is 49.5 Å². The molecule has 24 heavy (non-hydrogen) atoms. The highest BCUT2D eigenvalue weighted by Gasteiger charge is 2.28. The second kappa shape index (κ2) is 8.10. The normalized spacial score (nSPS) is 16.2. The number of hydrogen-bond donors (Lipinski definition) is 1. The van der Waals surface area contributed by atoms with Gasteiger partial charge < -0.3 is 5.32 Å². The van der Waals surface area contributed by atoms with Crippen molar-refractivity contribution in [3.63, 3.8) is 0 Å². The molecule has 2 heterocycles. The van der Waals surface area contributed by atoms with Crippen molar-refractivity contribution in [1.29, 1.82) is 0 Å². The molecule has 1 aromatic carbocycles. The lowest BCUT2D eigenvalue weighted by Gasteiger charge is -2.29. The zero-order valence-electron chi connectivity index (χ0n) is 13.3. The molecule has 1 aliphatic heterocycles. The Kier molecular flexibility index (Phi) is 5.87. The van der Waals surface area contributed by atoms with Crippen molar-refractivity contribution in [2.45, 2.75) is 25.3 Å². The average molecular weight is 367 g/mol. The van der Waals surface area contributed by atoms with Crippen molar-refractivity contribution >= 4 is 28.8 Å². The van der Waals surface area contributed by atoms with Crippen molar-refractivity contribution in [1.82, 2.24) is 10.2 Å². The van der Waals surface area contributed by atoms with Gasteiger partial charge in [0, 0.05) is 22.0 Å². The van der Waals surface area contributed by atoms with Crippen LogP contribution in [-0.2, 0) is 11.2 Å². The summed E-state index contributed by atoms with van der Waals surface area (Å²) in [6.07, 6.45) is 2.53. The quantitative estimate of drug-likeness (QED) is 0.836. The third-order valence-corrected chi connectivity index (χ3v) is 5.53. The third-order valence-electron chi connectivity index (χ3n) is 4.32. The highest BCUT2D eigenvalue weighted by atomic mass is 35.5. The first kappa shape index (κ1) is 17.4. The first-order chi connectivity index (χ1) is 11.6. The molecule has 1 fully saturated rings. The smallest absolute Gasteiger partial charge is 0.225 e. The van der Waals surface area contributed by atoms with Crippen molar-refractivity contribution in [2.75, 3.05) is 19.6 Å². The van der Waals surface area contributed by atoms with Gasteiger partial charge in [-0.25, -0.2) is 4.39 Å². The van der Waals surface area contributed by atoms with Gasteiger partial charge in [0.2, 0.25) is 5.91 Å². The summed E-state index contributed by atoms with van der Waals surface area (Å²) in [5.41, 5.74) is 0.484. The van der Waals surface area contributed by atoms with E-state index in [-0.39, 0.29) is 17.8 Å². The summed E-state index contributed by atoms with van der Waals surface area (Å²) in [4.78, 5) is 15.4. The zero-order valence-corrected chi connectivity index (χ0v) is 14.9. The first-order valence-electron chi connectivity index (χ1n) is 8.12. The Morgan fingerprint density at radius 2 is 2.08 bits per heavy atom. The number of amides is 1. The Balaban J connectivity index is 1.72. The summed E-state index contributed by atoms with van der Waals surface area (Å²) < 4.78 is 14.4. The molecule has 1 amide bonds. The molecule has 1 saturated heterocycles. The van der Waals surface area contributed by atoms with Crippen LogP contribution in [0.25, 0.3) is 0 Å². The van der Waals surface area contributed by atoms with E-state index in [0.29, 0.717) is 23.6 Å². The number of benzene rings is 1. The number of rotatable bonds is 6. The maximum atomic E-state index is 14.4. The summed E-state index contributed by atoms with van der Waals surface area (Å²) in [6.45, 7) is 2.16. The predicted octanol–water partition coefficient (Wildman–Crippen LogP) is 4.04. The zero-order chi connectivity index (χ0) is 16.9. The molecule has 3 rings (SSSR count). The number of carbonyl (C=O) groups is 1. The standard InChI is InChI=1S/C18H20ClFN2OS/c19-14-6-3-7-15(20)18(14)16(22-8-1-2-9-22)12-21-17(23)11-13-5-4-10-24-13/h3-7,10,16H,1-2,8-9,11-12H2,(H,21,23). The van der Waals surface area contributed by atoms with Crippen LogP contribution in [0.15, 0.2) is 35.7 Å². The van der Waals surface area contributed by atoms with Gasteiger partial charge >= 0.3 is 0 Å². The molecule has 1 N–H and O–H groups in total. The summed E-state index contributed by atoms with van der Waals surface area (Å²) in [7, 11) is 0. The molecule has 0 saturated carbocycles. The van der Waals surface area contributed by atoms with Crippen LogP contribution in [-0.4, -0.2) is 30.4 Å². The largest absolute Gasteiger partial charge is 0.354 e. The third kappa shape index (κ3) is 4.15. The van der Waals surface area contributed by atoms with Gasteiger partial charge in [-0.1, -0.05) is 23.7 Å². The van der Waals surface area contributed by atoms with E-state index in [0.717, 1.165) is 30.8 Å². The molecule has 0 aliphatic carbocycles. The maximum absolute atomic E-state index is 14.4. The monoisotopic (exact) mass is 366 g/mol. The van der Waals surface area contributed by atoms with Gasteiger partial charge in [0.15, 0.2) is 0 Å². The van der Waals surface area contributed by atoms with Crippen molar-refractivity contribution in [3.8, 4) is 0 Å². The molecule has 2 aromatic rings. The van der Waals surface area contributed by atoms with Gasteiger partial charge in [-0.3, -0.25) is 9.69 Å². The van der Waals surface area contributed by atoms with Gasteiger partial charge in [-0.2, -0.15) is 0 Å². The van der Waals surface area contributed by atoms with Crippen molar-refractivity contribution in [3.05, 3.63) is 57.0 Å². The SMILES string of the molecule is O=C(Cc1cccs1)NCC(c1c(F)cccc1Cl)N1CCCC1. The summed E-state index contributed by atoms with van der Waals surface area (Å²) in [6, 6.07) is 8.38. The average Bonchev–Trinajstić information content (AvgIpc) is 3.23. The molecule has 1 aliphatic rings. The molecule has 0 spiro atoms. The predicted molar refractivity (Wildman–Crippen MR) is 96.0 cm³/mol. The minimum absolute atomic E-state index is 0.0471. The number of carbonyl (C=O) groups excluding carboxylic acids is 1. The maximum Gasteiger partial charge on any atom is 0.225 e. The first-order valence-corrected chi connectivity index (χ1v) is 9.38. The van der Waals surface area contributed by atoms with Crippen molar-refractivity contribution in [2.24, 2.45) is 0 Å². The van der Waals surface area contributed by atoms with Crippen LogP contribution < -0.4 is 5.32 Å². The fourth-order valence-electron chi connectivity index (χ4n) is 3.14. The molecular weight excluding hydrogens is 347 g/mol. The summed E-state index contributed by atoms with van der Waals surface area (Å²) >= 11 is 7.82. The molecule has 6 heteroatoms. The fraction of sp³-hybridized carbons (Fsp3) is 0.389. The van der Waals surface area contributed by atoms with E-state index in [9.17, 15) is 9.18 Å². The van der Waals surface area contributed by atoms with E-state index < -0.39 is 0 Å². The van der Waals surface area contributed by atoms with E-state index in [2.05, 4.69) is 10.2 Å². The second-order valence-corrected chi connectivity index (χ2v) is 7.39. The Bertz CT molecular complexity index is 666. The Morgan fingerprint density at radius 3 is 2.75 bits per heavy atom. The number of nitrogens with one attached hydrogen (secondary N) is 1. The number of nitrogens with zero attached hydrogens (tertiary/aromatic N) is 1. The molecular formula is C18H20ClFN2OS. The molecule has 128 valence electrons. The van der Waals surface area contributed by atoms with E-state index in [1.807, 2.05) is 17.5 Å². The van der Waals surface area contributed by atoms with Crippen LogP contribution in [0.1, 0.15) is 29.3 Å². The highest BCUT2D eigenvalue weighted by Crippen LogP contribution is 2.31. The number of thiophene rings is 1. The van der Waals surface area contributed by atoms with E-state index in [4.69, 9.17) is 11.6 Å². The molecule has 1 aromatic heterocycles. The van der Waals surface area contributed by atoms with Crippen LogP contribution in [0.5, 0.6) is 0 Å². The Hall–Kier alpha value is -1.43. The van der Waals surface area contributed by atoms with E-state index in [1.165, 1.54) is 6.07 Å². The Morgan fingerprint density at radius 1 is 1.29 bits per heavy atom. The number of halogens is 2. The molecule has 3 nitrogen and oxygen atoms in total. The number of hydrogen-bond acceptors (Lipinski definition) is 3. The lowest BCUT2D eigenvalue weighted by Crippen LogP contribution is -2.37. The van der Waals surface area contributed by atoms with Crippen LogP contribution in [0.3, 0.4) is 0 Å². The minimum atomic E-state index is -0.313. The number of likely N-dealkylation sites (tertiary alicyclic amines) is 1. The fourth-order valence-corrected chi connectivity index (χ4v) is 4.13. The van der Waals surface area contributed by atoms with E-state index >= 15 is 0 Å². The van der Waals surface area contributed by atoms with Crippen LogP contribution in [0, 0.1) is 5.82 Å². The topological polar surface area (TPSA) is 32.3 Å². The molecule has 0 radical (unpaired) electrons. The molecule has 1 unspecified atom stereocenters. The van der Waals surface area contributed by atoms with Gasteiger partial charge in [-0.15, -0.1) is 11.3 Å². The molecule has 1 atom stereocenters. The van der Waals surface area contributed by atoms with Gasteiger partial charge in [0.25, 0.3) is 0 Å². The lowest BCUT2D eigenvalue weighted by molar-refractivity contribution is -0.120. The Labute approximate surface area is 150 Å². The van der Waals surface area contributed by atoms with Crippen LogP contribution >= 0.6 is 22.9 Å². The summed E-state index contributed by atoms with van der Waals surface area (Å²) in [5.74, 6) is -0.360. The lowest BCUT2D eigenvalue weighted by atomic mass is 10.0. The van der Waals surface area contributed by atoms with Crippen molar-refractivity contribution < 1.29 is 9.18 Å². The van der Waals surface area contributed by atoms with Crippen LogP contribution in [0.2, 0.25) is 5.02 Å². The summed E-state index contributed by atoms with van der Waals surface area (Å²) in [5, 5.41) is 5.32. The molecule has 0 bridgehead atoms. The van der Waals surface area contributed by atoms with E-state index in [1.54, 1.807) is 23.5 Å². The minimum Gasteiger partial charge on any atom is -0.354 e. The van der Waals surface area contributed by atoms with Gasteiger partial charge in [0.05, 0.1) is 12.5 Å². The second-order valence-electron chi connectivity index (χ2n) is 5.95. The van der Waals surface area contributed by atoms with Crippen LogP contribution in [0.4, 0.5) is 4.39 Å². The van der Waals surface area contributed by atoms with Gasteiger partial charge in [0.1, 0.15) is 5.82 Å². The highest BCUT2D eigenvalue weighted by molar-refractivity contribution is 7.10.